The number of nitrogens with two attached hydrogens (primary N) is 1. The average Bonchev–Trinajstić information content (AvgIpc) is 2.11. The van der Waals surface area contributed by atoms with Gasteiger partial charge in [-0.05, 0) is 5.92 Å². The van der Waals surface area contributed by atoms with E-state index in [0.717, 1.165) is 0 Å². The summed E-state index contributed by atoms with van der Waals surface area (Å²) in [5.41, 5.74) is 4.82. The van der Waals surface area contributed by atoms with E-state index < -0.39 is 12.0 Å². The zero-order valence-corrected chi connectivity index (χ0v) is 8.78. The van der Waals surface area contributed by atoms with Crippen molar-refractivity contribution in [2.75, 3.05) is 6.54 Å². The first-order chi connectivity index (χ1) is 6.36. The summed E-state index contributed by atoms with van der Waals surface area (Å²) in [7, 11) is 0. The summed E-state index contributed by atoms with van der Waals surface area (Å²) < 4.78 is 0. The molecule has 0 fully saturated rings. The highest BCUT2D eigenvalue weighted by molar-refractivity contribution is 5.81. The number of primary amides is 1. The second-order valence-corrected chi connectivity index (χ2v) is 3.70. The molecule has 0 spiro atoms. The molecule has 0 aromatic carbocycles. The summed E-state index contributed by atoms with van der Waals surface area (Å²) >= 11 is 0. The van der Waals surface area contributed by atoms with Gasteiger partial charge in [-0.3, -0.25) is 9.59 Å². The van der Waals surface area contributed by atoms with Crippen LogP contribution in [0.25, 0.3) is 0 Å². The van der Waals surface area contributed by atoms with E-state index in [1.807, 2.05) is 13.8 Å². The number of carbonyl (C=O) groups excluding carboxylic acids is 2. The van der Waals surface area contributed by atoms with Gasteiger partial charge in [0.1, 0.15) is 6.10 Å². The van der Waals surface area contributed by atoms with E-state index in [1.165, 1.54) is 0 Å². The molecule has 0 radical (unpaired) electrons. The molecular formula is C9H18N2O3. The van der Waals surface area contributed by atoms with Crippen LogP contribution in [0.5, 0.6) is 0 Å². The molecule has 2 unspecified atom stereocenters. The Hall–Kier alpha value is -1.10. The van der Waals surface area contributed by atoms with Crippen molar-refractivity contribution in [1.29, 1.82) is 0 Å². The van der Waals surface area contributed by atoms with Crippen LogP contribution in [0, 0.1) is 11.8 Å². The molecule has 0 aliphatic carbocycles. The Labute approximate surface area is 83.7 Å². The van der Waals surface area contributed by atoms with E-state index >= 15 is 0 Å². The van der Waals surface area contributed by atoms with Crippen molar-refractivity contribution < 1.29 is 14.7 Å². The molecule has 82 valence electrons. The van der Waals surface area contributed by atoms with Crippen LogP contribution >= 0.6 is 0 Å². The van der Waals surface area contributed by atoms with Gasteiger partial charge in [0.15, 0.2) is 0 Å². The van der Waals surface area contributed by atoms with E-state index in [4.69, 9.17) is 10.8 Å². The monoisotopic (exact) mass is 202 g/mol. The molecule has 0 bridgehead atoms. The molecule has 0 aromatic rings. The Morgan fingerprint density at radius 1 is 1.36 bits per heavy atom. The van der Waals surface area contributed by atoms with Gasteiger partial charge in [-0.2, -0.15) is 0 Å². The topological polar surface area (TPSA) is 92.4 Å². The van der Waals surface area contributed by atoms with Crippen LogP contribution in [0.2, 0.25) is 0 Å². The van der Waals surface area contributed by atoms with Crippen molar-refractivity contribution in [2.45, 2.75) is 26.9 Å². The molecule has 0 heterocycles. The van der Waals surface area contributed by atoms with Crippen LogP contribution < -0.4 is 11.1 Å². The fourth-order valence-electron chi connectivity index (χ4n) is 0.762. The fraction of sp³-hybridized carbons (Fsp3) is 0.778. The van der Waals surface area contributed by atoms with E-state index in [9.17, 15) is 9.59 Å². The highest BCUT2D eigenvalue weighted by Gasteiger charge is 2.18. The minimum absolute atomic E-state index is 0.120. The van der Waals surface area contributed by atoms with Crippen LogP contribution in [-0.4, -0.2) is 29.6 Å². The molecule has 0 aliphatic heterocycles. The Morgan fingerprint density at radius 2 is 1.86 bits per heavy atom. The third kappa shape index (κ3) is 4.23. The first kappa shape index (κ1) is 12.9. The lowest BCUT2D eigenvalue weighted by Crippen LogP contribution is -2.42. The molecule has 2 atom stereocenters. The summed E-state index contributed by atoms with van der Waals surface area (Å²) in [5.74, 6) is -0.932. The third-order valence-corrected chi connectivity index (χ3v) is 2.21. The highest BCUT2D eigenvalue weighted by Crippen LogP contribution is 2.08. The minimum atomic E-state index is -1.31. The smallest absolute Gasteiger partial charge is 0.248 e. The van der Waals surface area contributed by atoms with Gasteiger partial charge in [0.05, 0.1) is 6.54 Å². The molecular weight excluding hydrogens is 184 g/mol. The number of nitrogens with one attached hydrogen (secondary N) is 1. The van der Waals surface area contributed by atoms with Gasteiger partial charge >= 0.3 is 0 Å². The van der Waals surface area contributed by atoms with E-state index in [0.29, 0.717) is 0 Å². The number of carbonyl (C=O) groups is 2. The first-order valence-corrected chi connectivity index (χ1v) is 4.61. The second kappa shape index (κ2) is 5.59. The van der Waals surface area contributed by atoms with Crippen molar-refractivity contribution in [3.8, 4) is 0 Å². The number of amides is 2. The van der Waals surface area contributed by atoms with E-state index in [-0.39, 0.29) is 24.3 Å². The summed E-state index contributed by atoms with van der Waals surface area (Å²) in [5, 5.41) is 11.5. The summed E-state index contributed by atoms with van der Waals surface area (Å²) in [6.07, 6.45) is -1.31. The molecule has 2 amide bonds. The third-order valence-electron chi connectivity index (χ3n) is 2.21. The Bertz CT molecular complexity index is 216. The van der Waals surface area contributed by atoms with E-state index in [2.05, 4.69) is 5.32 Å². The van der Waals surface area contributed by atoms with Gasteiger partial charge in [-0.1, -0.05) is 20.8 Å². The lowest BCUT2D eigenvalue weighted by Gasteiger charge is -2.16. The number of rotatable bonds is 5. The summed E-state index contributed by atoms with van der Waals surface area (Å²) in [6.45, 7) is 5.52. The van der Waals surface area contributed by atoms with Gasteiger partial charge < -0.3 is 16.2 Å². The molecule has 0 aromatic heterocycles. The van der Waals surface area contributed by atoms with Crippen molar-refractivity contribution in [3.05, 3.63) is 0 Å². The van der Waals surface area contributed by atoms with Crippen LogP contribution in [0.3, 0.4) is 0 Å². The summed E-state index contributed by atoms with van der Waals surface area (Å²) in [6, 6.07) is 0. The highest BCUT2D eigenvalue weighted by atomic mass is 16.3. The van der Waals surface area contributed by atoms with Crippen molar-refractivity contribution >= 4 is 11.8 Å². The zero-order valence-electron chi connectivity index (χ0n) is 8.78. The van der Waals surface area contributed by atoms with Crippen LogP contribution in [0.4, 0.5) is 0 Å². The SMILES string of the molecule is CC(C)C(C)C(=O)NCC(O)C(N)=O. The molecule has 0 rings (SSSR count). The Balaban J connectivity index is 3.91. The van der Waals surface area contributed by atoms with Gasteiger partial charge in [-0.15, -0.1) is 0 Å². The predicted octanol–water partition coefficient (Wildman–Crippen LogP) is -0.759. The van der Waals surface area contributed by atoms with Gasteiger partial charge in [0.2, 0.25) is 11.8 Å². The normalized spacial score (nSPS) is 14.9. The largest absolute Gasteiger partial charge is 0.381 e. The minimum Gasteiger partial charge on any atom is -0.381 e. The molecule has 0 saturated heterocycles. The molecule has 4 N–H and O–H groups in total. The van der Waals surface area contributed by atoms with Gasteiger partial charge in [0.25, 0.3) is 0 Å². The Morgan fingerprint density at radius 3 is 2.21 bits per heavy atom. The average molecular weight is 202 g/mol. The Kier molecular flexibility index (Phi) is 5.15. The van der Waals surface area contributed by atoms with Crippen LogP contribution in [-0.2, 0) is 9.59 Å². The molecule has 5 nitrogen and oxygen atoms in total. The number of hydrogen-bond donors (Lipinski definition) is 3. The second-order valence-electron chi connectivity index (χ2n) is 3.70. The quantitative estimate of drug-likeness (QED) is 0.547. The van der Waals surface area contributed by atoms with Crippen molar-refractivity contribution in [2.24, 2.45) is 17.6 Å². The molecule has 0 saturated carbocycles. The lowest BCUT2D eigenvalue weighted by atomic mass is 9.97. The molecule has 5 heteroatoms. The maximum atomic E-state index is 11.3. The standard InChI is InChI=1S/C9H18N2O3/c1-5(2)6(3)9(14)11-4-7(12)8(10)13/h5-7,12H,4H2,1-3H3,(H2,10,13)(H,11,14). The molecule has 0 aliphatic rings. The number of aliphatic hydroxyl groups excluding tert-OH is 1. The fourth-order valence-corrected chi connectivity index (χ4v) is 0.762. The first-order valence-electron chi connectivity index (χ1n) is 4.61. The molecule has 14 heavy (non-hydrogen) atoms. The maximum absolute atomic E-state index is 11.3. The number of aliphatic hydroxyl groups is 1. The van der Waals surface area contributed by atoms with Crippen LogP contribution in [0.15, 0.2) is 0 Å². The van der Waals surface area contributed by atoms with Gasteiger partial charge in [-0.25, -0.2) is 0 Å². The van der Waals surface area contributed by atoms with Crippen molar-refractivity contribution in [1.82, 2.24) is 5.32 Å². The summed E-state index contributed by atoms with van der Waals surface area (Å²) in [4.78, 5) is 21.8. The lowest BCUT2D eigenvalue weighted by molar-refractivity contribution is -0.128. The zero-order chi connectivity index (χ0) is 11.3. The van der Waals surface area contributed by atoms with Gasteiger partial charge in [0, 0.05) is 5.92 Å². The maximum Gasteiger partial charge on any atom is 0.248 e. The van der Waals surface area contributed by atoms with Crippen LogP contribution in [0.1, 0.15) is 20.8 Å². The van der Waals surface area contributed by atoms with E-state index in [1.54, 1.807) is 6.92 Å². The van der Waals surface area contributed by atoms with Crippen molar-refractivity contribution in [3.63, 3.8) is 0 Å². The predicted molar refractivity (Wildman–Crippen MR) is 52.2 cm³/mol. The number of hydrogen-bond acceptors (Lipinski definition) is 3.